The molecular weight excluding hydrogens is 500 g/mol. The normalized spacial score (nSPS) is 14.7. The molecule has 0 saturated carbocycles. The molecule has 34 heavy (non-hydrogen) atoms. The minimum atomic E-state index is -0.493. The summed E-state index contributed by atoms with van der Waals surface area (Å²) in [5.74, 6) is -0.224. The number of rotatable bonds is 7. The highest BCUT2D eigenvalue weighted by Crippen LogP contribution is 2.38. The van der Waals surface area contributed by atoms with E-state index in [1.54, 1.807) is 54.6 Å². The number of imide groups is 1. The molecule has 2 amide bonds. The van der Waals surface area contributed by atoms with Crippen LogP contribution in [0.25, 0.3) is 6.08 Å². The van der Waals surface area contributed by atoms with Crippen molar-refractivity contribution in [2.75, 3.05) is 7.11 Å². The Labute approximate surface area is 210 Å². The number of carbonyl (C=O) groups excluding carboxylic acids is 2. The number of hydrogen-bond donors (Lipinski definition) is 0. The van der Waals surface area contributed by atoms with Gasteiger partial charge < -0.3 is 9.47 Å². The van der Waals surface area contributed by atoms with Crippen LogP contribution in [0.15, 0.2) is 65.6 Å². The van der Waals surface area contributed by atoms with Gasteiger partial charge in [-0.15, -0.1) is 0 Å². The molecule has 4 rings (SSSR count). The number of benzene rings is 3. The molecule has 0 aromatic heterocycles. The van der Waals surface area contributed by atoms with Crippen LogP contribution >= 0.6 is 35.0 Å². The summed E-state index contributed by atoms with van der Waals surface area (Å²) in [5.41, 5.74) is 1.48. The first-order valence-electron chi connectivity index (χ1n) is 10.1. The quantitative estimate of drug-likeness (QED) is 0.317. The van der Waals surface area contributed by atoms with Gasteiger partial charge in [0.1, 0.15) is 12.4 Å². The second-order valence-corrected chi connectivity index (χ2v) is 9.10. The van der Waals surface area contributed by atoms with Gasteiger partial charge >= 0.3 is 0 Å². The van der Waals surface area contributed by atoms with Crippen molar-refractivity contribution in [1.29, 1.82) is 0 Å². The lowest BCUT2D eigenvalue weighted by atomic mass is 10.1. The number of halogens is 3. The van der Waals surface area contributed by atoms with Gasteiger partial charge in [-0.3, -0.25) is 14.5 Å². The highest BCUT2D eigenvalue weighted by atomic mass is 35.5. The van der Waals surface area contributed by atoms with Gasteiger partial charge in [0.15, 0.2) is 11.5 Å². The van der Waals surface area contributed by atoms with E-state index in [9.17, 15) is 14.0 Å². The minimum absolute atomic E-state index is 0.131. The van der Waals surface area contributed by atoms with Gasteiger partial charge in [-0.05, 0) is 53.7 Å². The Balaban J connectivity index is 1.60. The molecule has 1 aliphatic rings. The molecule has 0 atom stereocenters. The van der Waals surface area contributed by atoms with Gasteiger partial charge in [0.2, 0.25) is 0 Å². The van der Waals surface area contributed by atoms with Crippen LogP contribution < -0.4 is 9.47 Å². The lowest BCUT2D eigenvalue weighted by molar-refractivity contribution is -0.123. The maximum atomic E-state index is 14.2. The molecule has 0 N–H and O–H groups in total. The zero-order valence-electron chi connectivity index (χ0n) is 17.9. The van der Waals surface area contributed by atoms with Crippen molar-refractivity contribution >= 4 is 52.2 Å². The van der Waals surface area contributed by atoms with Crippen molar-refractivity contribution in [3.8, 4) is 11.5 Å². The summed E-state index contributed by atoms with van der Waals surface area (Å²) in [6, 6.07) is 16.4. The van der Waals surface area contributed by atoms with Crippen LogP contribution in [-0.2, 0) is 17.9 Å². The molecule has 0 radical (unpaired) electrons. The fourth-order valence-electron chi connectivity index (χ4n) is 3.33. The van der Waals surface area contributed by atoms with Crippen molar-refractivity contribution < 1.29 is 23.5 Å². The number of thioether (sulfide) groups is 1. The number of ether oxygens (including phenoxy) is 2. The van der Waals surface area contributed by atoms with Crippen LogP contribution in [-0.4, -0.2) is 23.2 Å². The fraction of sp³-hybridized carbons (Fsp3) is 0.120. The topological polar surface area (TPSA) is 55.8 Å². The first-order chi connectivity index (χ1) is 16.4. The minimum Gasteiger partial charge on any atom is -0.493 e. The Bertz CT molecular complexity index is 1260. The number of hydrogen-bond acceptors (Lipinski definition) is 5. The average Bonchev–Trinajstić information content (AvgIpc) is 3.08. The first kappa shape index (κ1) is 24.1. The molecule has 0 spiro atoms. The molecule has 0 bridgehead atoms. The Kier molecular flexibility index (Phi) is 7.46. The largest absolute Gasteiger partial charge is 0.493 e. The van der Waals surface area contributed by atoms with E-state index in [0.717, 1.165) is 17.3 Å². The predicted molar refractivity (Wildman–Crippen MR) is 132 cm³/mol. The summed E-state index contributed by atoms with van der Waals surface area (Å²) in [6.07, 6.45) is 1.56. The van der Waals surface area contributed by atoms with Crippen molar-refractivity contribution in [3.05, 3.63) is 98.1 Å². The number of para-hydroxylation sites is 1. The Hall–Kier alpha value is -3.00. The van der Waals surface area contributed by atoms with E-state index in [2.05, 4.69) is 0 Å². The number of amides is 2. The van der Waals surface area contributed by atoms with E-state index in [1.807, 2.05) is 0 Å². The van der Waals surface area contributed by atoms with Gasteiger partial charge in [-0.2, -0.15) is 0 Å². The Morgan fingerprint density at radius 1 is 1.03 bits per heavy atom. The Morgan fingerprint density at radius 3 is 2.47 bits per heavy atom. The molecule has 3 aromatic carbocycles. The molecule has 9 heteroatoms. The van der Waals surface area contributed by atoms with E-state index in [-0.39, 0.29) is 33.9 Å². The maximum Gasteiger partial charge on any atom is 0.293 e. The van der Waals surface area contributed by atoms with Crippen LogP contribution in [0.5, 0.6) is 11.5 Å². The molecule has 3 aromatic rings. The fourth-order valence-corrected chi connectivity index (χ4v) is 4.50. The highest BCUT2D eigenvalue weighted by Gasteiger charge is 2.35. The van der Waals surface area contributed by atoms with Crippen LogP contribution in [0.3, 0.4) is 0 Å². The molecule has 1 saturated heterocycles. The van der Waals surface area contributed by atoms with E-state index in [0.29, 0.717) is 22.1 Å². The summed E-state index contributed by atoms with van der Waals surface area (Å²) in [7, 11) is 1.47. The molecule has 174 valence electrons. The summed E-state index contributed by atoms with van der Waals surface area (Å²) >= 11 is 12.9. The molecular formula is C25H18Cl2FNO4S. The molecule has 0 unspecified atom stereocenters. The van der Waals surface area contributed by atoms with E-state index >= 15 is 0 Å². The van der Waals surface area contributed by atoms with Crippen molar-refractivity contribution in [1.82, 2.24) is 4.90 Å². The lowest BCUT2D eigenvalue weighted by Crippen LogP contribution is -2.27. The maximum absolute atomic E-state index is 14.2. The van der Waals surface area contributed by atoms with Gasteiger partial charge in [-0.1, -0.05) is 53.5 Å². The SMILES string of the molecule is COc1cccc(/C=C2\SC(=O)N(Cc3ccc(Cl)cc3)C2=O)c1OCc1c(F)cccc1Cl. The Morgan fingerprint density at radius 2 is 1.76 bits per heavy atom. The van der Waals surface area contributed by atoms with Gasteiger partial charge in [-0.25, -0.2) is 4.39 Å². The monoisotopic (exact) mass is 517 g/mol. The van der Waals surface area contributed by atoms with Crippen molar-refractivity contribution in [2.45, 2.75) is 13.2 Å². The lowest BCUT2D eigenvalue weighted by Gasteiger charge is -2.15. The second-order valence-electron chi connectivity index (χ2n) is 7.26. The average molecular weight is 518 g/mol. The van der Waals surface area contributed by atoms with E-state index in [1.165, 1.54) is 24.1 Å². The van der Waals surface area contributed by atoms with Crippen LogP contribution in [0.2, 0.25) is 10.0 Å². The number of carbonyl (C=O) groups is 2. The summed E-state index contributed by atoms with van der Waals surface area (Å²) < 4.78 is 25.5. The van der Waals surface area contributed by atoms with E-state index in [4.69, 9.17) is 32.7 Å². The van der Waals surface area contributed by atoms with Crippen molar-refractivity contribution in [3.63, 3.8) is 0 Å². The third-order valence-electron chi connectivity index (χ3n) is 5.07. The van der Waals surface area contributed by atoms with Crippen LogP contribution in [0.1, 0.15) is 16.7 Å². The second kappa shape index (κ2) is 10.5. The molecule has 5 nitrogen and oxygen atoms in total. The summed E-state index contributed by atoms with van der Waals surface area (Å²) in [4.78, 5) is 26.9. The molecule has 1 heterocycles. The number of methoxy groups -OCH3 is 1. The third kappa shape index (κ3) is 5.22. The smallest absolute Gasteiger partial charge is 0.293 e. The van der Waals surface area contributed by atoms with Gasteiger partial charge in [0.05, 0.1) is 23.6 Å². The van der Waals surface area contributed by atoms with Crippen LogP contribution in [0.4, 0.5) is 9.18 Å². The van der Waals surface area contributed by atoms with E-state index < -0.39 is 11.7 Å². The third-order valence-corrected chi connectivity index (χ3v) is 6.58. The molecule has 1 aliphatic heterocycles. The zero-order chi connectivity index (χ0) is 24.2. The highest BCUT2D eigenvalue weighted by molar-refractivity contribution is 8.18. The molecule has 0 aliphatic carbocycles. The zero-order valence-corrected chi connectivity index (χ0v) is 20.2. The first-order valence-corrected chi connectivity index (χ1v) is 11.7. The molecule has 1 fully saturated rings. The van der Waals surface area contributed by atoms with Crippen molar-refractivity contribution in [2.24, 2.45) is 0 Å². The number of nitrogens with zero attached hydrogens (tertiary/aromatic N) is 1. The predicted octanol–water partition coefficient (Wildman–Crippen LogP) is 6.96. The van der Waals surface area contributed by atoms with Gasteiger partial charge in [0, 0.05) is 16.1 Å². The standard InChI is InChI=1S/C25H18Cl2FNO4S/c1-32-21-7-2-4-16(23(21)33-14-18-19(27)5-3-6-20(18)28)12-22-24(30)29(25(31)34-22)13-15-8-10-17(26)11-9-15/h2-12H,13-14H2,1H3/b22-12-. The summed E-state index contributed by atoms with van der Waals surface area (Å²) in [6.45, 7) is -0.0167. The summed E-state index contributed by atoms with van der Waals surface area (Å²) in [5, 5.41) is 0.425. The van der Waals surface area contributed by atoms with Crippen LogP contribution in [0, 0.1) is 5.82 Å². The van der Waals surface area contributed by atoms with Gasteiger partial charge in [0.25, 0.3) is 11.1 Å².